The fraction of sp³-hybridized carbons (Fsp3) is 0.250. The molecular weight excluding hydrogens is 96.0 g/mol. The predicted octanol–water partition coefficient (Wildman–Crippen LogP) is -0.336. The Morgan fingerprint density at radius 1 is 1.57 bits per heavy atom. The summed E-state index contributed by atoms with van der Waals surface area (Å²) in [7, 11) is 0. The minimum atomic E-state index is -0.523. The molecule has 0 saturated carbocycles. The molecule has 0 aliphatic carbocycles. The van der Waals surface area contributed by atoms with Crippen molar-refractivity contribution in [2.24, 2.45) is 0 Å². The molecule has 0 atom stereocenters. The Balaban J connectivity index is 2.55. The van der Waals surface area contributed by atoms with Gasteiger partial charge in [-0.15, -0.1) is 0 Å². The van der Waals surface area contributed by atoms with Gasteiger partial charge in [0.25, 0.3) is 0 Å². The zero-order valence-corrected chi connectivity index (χ0v) is 3.51. The molecule has 37 valence electrons. The summed E-state index contributed by atoms with van der Waals surface area (Å²) in [5.41, 5.74) is 0. The molecular formula is C4H3O3. The molecule has 0 unspecified atom stereocenters. The van der Waals surface area contributed by atoms with Gasteiger partial charge in [-0.1, -0.05) is 0 Å². The molecule has 1 heterocycles. The Labute approximate surface area is 40.3 Å². The van der Waals surface area contributed by atoms with Crippen molar-refractivity contribution in [3.63, 3.8) is 0 Å². The maximum absolute atomic E-state index is 9.98. The van der Waals surface area contributed by atoms with Crippen LogP contribution in [0.5, 0.6) is 0 Å². The molecule has 7 heavy (non-hydrogen) atoms. The second-order valence-corrected chi connectivity index (χ2v) is 1.20. The Morgan fingerprint density at radius 3 is 2.43 bits per heavy atom. The van der Waals surface area contributed by atoms with E-state index in [1.54, 1.807) is 0 Å². The molecule has 1 fully saturated rings. The second-order valence-electron chi connectivity index (χ2n) is 1.20. The summed E-state index contributed by atoms with van der Waals surface area (Å²) in [5, 5.41) is 0. The number of cyclic esters (lactones) is 2. The Bertz CT molecular complexity index is 102. The maximum Gasteiger partial charge on any atom is 0.318 e. The van der Waals surface area contributed by atoms with E-state index in [4.69, 9.17) is 0 Å². The van der Waals surface area contributed by atoms with Crippen molar-refractivity contribution in [2.75, 3.05) is 0 Å². The molecule has 0 amide bonds. The molecule has 1 aliphatic heterocycles. The van der Waals surface area contributed by atoms with Gasteiger partial charge in [0.2, 0.25) is 0 Å². The average molecular weight is 99.1 g/mol. The van der Waals surface area contributed by atoms with Crippen molar-refractivity contribution in [1.82, 2.24) is 0 Å². The average Bonchev–Trinajstić information content (AvgIpc) is 1.87. The predicted molar refractivity (Wildman–Crippen MR) is 20.0 cm³/mol. The number of ether oxygens (including phenoxy) is 1. The molecule has 0 aromatic rings. The van der Waals surface area contributed by atoms with Crippen LogP contribution in [0.1, 0.15) is 6.42 Å². The number of carbonyl (C=O) groups excluding carboxylic acids is 2. The minimum Gasteiger partial charge on any atom is -0.393 e. The van der Waals surface area contributed by atoms with E-state index in [1.165, 1.54) is 6.42 Å². The van der Waals surface area contributed by atoms with Gasteiger partial charge >= 0.3 is 11.9 Å². The van der Waals surface area contributed by atoms with E-state index in [1.807, 2.05) is 0 Å². The first-order chi connectivity index (χ1) is 3.29. The monoisotopic (exact) mass is 99.0 g/mol. The van der Waals surface area contributed by atoms with Crippen molar-refractivity contribution in [2.45, 2.75) is 6.42 Å². The van der Waals surface area contributed by atoms with E-state index in [2.05, 4.69) is 4.74 Å². The normalized spacial score (nSPS) is 20.0. The molecule has 1 aliphatic rings. The van der Waals surface area contributed by atoms with Crippen LogP contribution < -0.4 is 0 Å². The lowest BCUT2D eigenvalue weighted by atomic mass is 10.4. The molecule has 0 bridgehead atoms. The quantitative estimate of drug-likeness (QED) is 0.308. The molecule has 0 aromatic heterocycles. The molecule has 0 spiro atoms. The first kappa shape index (κ1) is 4.30. The van der Waals surface area contributed by atoms with E-state index in [9.17, 15) is 9.59 Å². The van der Waals surface area contributed by atoms with Crippen LogP contribution in [-0.4, -0.2) is 11.9 Å². The fourth-order valence-corrected chi connectivity index (χ4v) is 0.362. The second kappa shape index (κ2) is 1.33. The van der Waals surface area contributed by atoms with Crippen molar-refractivity contribution in [3.05, 3.63) is 6.42 Å². The highest BCUT2D eigenvalue weighted by Gasteiger charge is 2.19. The summed E-state index contributed by atoms with van der Waals surface area (Å²) in [6.07, 6.45) is 1.35. The van der Waals surface area contributed by atoms with Crippen LogP contribution in [0.25, 0.3) is 0 Å². The largest absolute Gasteiger partial charge is 0.393 e. The van der Waals surface area contributed by atoms with E-state index in [0.29, 0.717) is 0 Å². The number of hydrogen-bond donors (Lipinski definition) is 0. The van der Waals surface area contributed by atoms with Crippen LogP contribution in [-0.2, 0) is 14.3 Å². The minimum absolute atomic E-state index is 0.138. The van der Waals surface area contributed by atoms with E-state index in [0.717, 1.165) is 0 Å². The van der Waals surface area contributed by atoms with E-state index < -0.39 is 11.9 Å². The summed E-state index contributed by atoms with van der Waals surface area (Å²) >= 11 is 0. The first-order valence-electron chi connectivity index (χ1n) is 1.87. The van der Waals surface area contributed by atoms with Gasteiger partial charge in [-0.3, -0.25) is 9.59 Å². The Hall–Kier alpha value is -0.860. The van der Waals surface area contributed by atoms with Gasteiger partial charge in [0.05, 0.1) is 12.8 Å². The van der Waals surface area contributed by atoms with Crippen molar-refractivity contribution >= 4 is 11.9 Å². The van der Waals surface area contributed by atoms with Crippen LogP contribution in [0.15, 0.2) is 0 Å². The SMILES string of the molecule is O=C1[CH]CC(=O)O1. The Morgan fingerprint density at radius 2 is 2.29 bits per heavy atom. The summed E-state index contributed by atoms with van der Waals surface area (Å²) in [5.74, 6) is -0.977. The fourth-order valence-electron chi connectivity index (χ4n) is 0.362. The third-order valence-electron chi connectivity index (χ3n) is 0.650. The number of carbonyl (C=O) groups is 2. The highest BCUT2D eigenvalue weighted by molar-refractivity contribution is 5.99. The summed E-state index contributed by atoms with van der Waals surface area (Å²) in [6.45, 7) is 0. The third kappa shape index (κ3) is 0.765. The number of rotatable bonds is 0. The molecule has 1 rings (SSSR count). The number of hydrogen-bond acceptors (Lipinski definition) is 3. The van der Waals surface area contributed by atoms with Crippen molar-refractivity contribution in [3.8, 4) is 0 Å². The van der Waals surface area contributed by atoms with Crippen LogP contribution in [0.3, 0.4) is 0 Å². The zero-order valence-electron chi connectivity index (χ0n) is 3.51. The van der Waals surface area contributed by atoms with Crippen LogP contribution in [0.4, 0.5) is 0 Å². The third-order valence-corrected chi connectivity index (χ3v) is 0.650. The van der Waals surface area contributed by atoms with Gasteiger partial charge in [0, 0.05) is 0 Å². The van der Waals surface area contributed by atoms with Crippen LogP contribution in [0, 0.1) is 6.42 Å². The summed E-state index contributed by atoms with van der Waals surface area (Å²) in [4.78, 5) is 19.9. The molecule has 1 saturated heterocycles. The molecule has 3 heteroatoms. The number of esters is 2. The molecule has 1 radical (unpaired) electrons. The van der Waals surface area contributed by atoms with Crippen LogP contribution >= 0.6 is 0 Å². The van der Waals surface area contributed by atoms with Crippen molar-refractivity contribution in [1.29, 1.82) is 0 Å². The highest BCUT2D eigenvalue weighted by Crippen LogP contribution is 2.02. The van der Waals surface area contributed by atoms with E-state index >= 15 is 0 Å². The lowest BCUT2D eigenvalue weighted by Crippen LogP contribution is -1.95. The highest BCUT2D eigenvalue weighted by atomic mass is 16.6. The lowest BCUT2D eigenvalue weighted by molar-refractivity contribution is -0.151. The summed E-state index contributed by atoms with van der Waals surface area (Å²) in [6, 6.07) is 0. The summed E-state index contributed by atoms with van der Waals surface area (Å²) < 4.78 is 4.03. The van der Waals surface area contributed by atoms with Gasteiger partial charge in [0.15, 0.2) is 0 Å². The molecule has 3 nitrogen and oxygen atoms in total. The smallest absolute Gasteiger partial charge is 0.318 e. The first-order valence-corrected chi connectivity index (χ1v) is 1.87. The van der Waals surface area contributed by atoms with Gasteiger partial charge in [-0.05, 0) is 0 Å². The van der Waals surface area contributed by atoms with E-state index in [-0.39, 0.29) is 6.42 Å². The zero-order chi connectivity index (χ0) is 5.28. The standard InChI is InChI=1S/C4H3O3/c5-3-1-2-4(6)7-3/h1H,2H2. The van der Waals surface area contributed by atoms with Gasteiger partial charge < -0.3 is 4.74 Å². The van der Waals surface area contributed by atoms with Crippen LogP contribution in [0.2, 0.25) is 0 Å². The molecule has 0 aromatic carbocycles. The maximum atomic E-state index is 9.98. The van der Waals surface area contributed by atoms with Gasteiger partial charge in [-0.2, -0.15) is 0 Å². The van der Waals surface area contributed by atoms with Crippen molar-refractivity contribution < 1.29 is 14.3 Å². The lowest BCUT2D eigenvalue weighted by Gasteiger charge is -1.79. The topological polar surface area (TPSA) is 43.4 Å². The molecule has 0 N–H and O–H groups in total. The van der Waals surface area contributed by atoms with Gasteiger partial charge in [0.1, 0.15) is 0 Å². The van der Waals surface area contributed by atoms with Gasteiger partial charge in [-0.25, -0.2) is 0 Å². The Kier molecular flexibility index (Phi) is 0.817.